The number of amides is 2. The van der Waals surface area contributed by atoms with Crippen molar-refractivity contribution in [2.24, 2.45) is 0 Å². The molecule has 0 radical (unpaired) electrons. The molecule has 0 aliphatic carbocycles. The van der Waals surface area contributed by atoms with Gasteiger partial charge in [0.25, 0.3) is 0 Å². The van der Waals surface area contributed by atoms with Crippen LogP contribution in [0.3, 0.4) is 0 Å². The van der Waals surface area contributed by atoms with Gasteiger partial charge in [0.1, 0.15) is 18.2 Å². The molecule has 0 saturated carbocycles. The first kappa shape index (κ1) is 16.6. The predicted octanol–water partition coefficient (Wildman–Crippen LogP) is 4.02. The SMILES string of the molecule is CC1Cc2ccccc2N1C(=O)NCCOc1ccc(F)cc1Cl. The second-order valence-electron chi connectivity index (χ2n) is 5.71. The Morgan fingerprint density at radius 2 is 2.17 bits per heavy atom. The van der Waals surface area contributed by atoms with E-state index < -0.39 is 5.82 Å². The molecule has 4 nitrogen and oxygen atoms in total. The second-order valence-corrected chi connectivity index (χ2v) is 6.11. The molecule has 0 spiro atoms. The van der Waals surface area contributed by atoms with Gasteiger partial charge in [0.2, 0.25) is 0 Å². The highest BCUT2D eigenvalue weighted by Gasteiger charge is 2.30. The quantitative estimate of drug-likeness (QED) is 0.848. The Labute approximate surface area is 145 Å². The number of benzene rings is 2. The predicted molar refractivity (Wildman–Crippen MR) is 92.4 cm³/mol. The minimum Gasteiger partial charge on any atom is -0.490 e. The maximum atomic E-state index is 13.0. The molecule has 3 rings (SSSR count). The molecule has 0 aromatic heterocycles. The van der Waals surface area contributed by atoms with E-state index >= 15 is 0 Å². The number of urea groups is 1. The maximum Gasteiger partial charge on any atom is 0.322 e. The van der Waals surface area contributed by atoms with E-state index in [1.807, 2.05) is 31.2 Å². The van der Waals surface area contributed by atoms with E-state index in [0.717, 1.165) is 12.1 Å². The summed E-state index contributed by atoms with van der Waals surface area (Å²) in [6.45, 7) is 2.60. The van der Waals surface area contributed by atoms with Crippen LogP contribution in [0.1, 0.15) is 12.5 Å². The topological polar surface area (TPSA) is 41.6 Å². The summed E-state index contributed by atoms with van der Waals surface area (Å²) in [5.41, 5.74) is 2.12. The lowest BCUT2D eigenvalue weighted by molar-refractivity contribution is 0.240. The molecule has 1 aliphatic heterocycles. The molecular formula is C18H18ClFN2O2. The molecule has 2 aromatic rings. The zero-order chi connectivity index (χ0) is 17.1. The summed E-state index contributed by atoms with van der Waals surface area (Å²) in [6.07, 6.45) is 0.852. The summed E-state index contributed by atoms with van der Waals surface area (Å²) in [5, 5.41) is 3.05. The van der Waals surface area contributed by atoms with Gasteiger partial charge in [0.15, 0.2) is 0 Å². The minimum absolute atomic E-state index is 0.120. The molecule has 2 aromatic carbocycles. The molecule has 1 heterocycles. The van der Waals surface area contributed by atoms with Crippen molar-refractivity contribution in [3.8, 4) is 5.75 Å². The summed E-state index contributed by atoms with van der Waals surface area (Å²) < 4.78 is 18.4. The average molecular weight is 349 g/mol. The lowest BCUT2D eigenvalue weighted by atomic mass is 10.1. The van der Waals surface area contributed by atoms with Crippen molar-refractivity contribution in [3.63, 3.8) is 0 Å². The fourth-order valence-corrected chi connectivity index (χ4v) is 3.09. The normalized spacial score (nSPS) is 16.0. The van der Waals surface area contributed by atoms with Crippen LogP contribution in [0.25, 0.3) is 0 Å². The highest BCUT2D eigenvalue weighted by Crippen LogP contribution is 2.31. The number of rotatable bonds is 4. The number of hydrogen-bond donors (Lipinski definition) is 1. The summed E-state index contributed by atoms with van der Waals surface area (Å²) >= 11 is 5.89. The van der Waals surface area contributed by atoms with E-state index in [4.69, 9.17) is 16.3 Å². The number of para-hydroxylation sites is 1. The Morgan fingerprint density at radius 1 is 1.38 bits per heavy atom. The van der Waals surface area contributed by atoms with Crippen molar-refractivity contribution in [2.45, 2.75) is 19.4 Å². The van der Waals surface area contributed by atoms with Gasteiger partial charge in [-0.05, 0) is 43.2 Å². The molecule has 0 saturated heterocycles. The first-order valence-electron chi connectivity index (χ1n) is 7.79. The lowest BCUT2D eigenvalue weighted by Crippen LogP contribution is -2.44. The van der Waals surface area contributed by atoms with Gasteiger partial charge >= 0.3 is 6.03 Å². The zero-order valence-corrected chi connectivity index (χ0v) is 14.0. The van der Waals surface area contributed by atoms with E-state index in [0.29, 0.717) is 12.3 Å². The molecule has 1 unspecified atom stereocenters. The Balaban J connectivity index is 1.53. The molecule has 2 amide bonds. The monoisotopic (exact) mass is 348 g/mol. The van der Waals surface area contributed by atoms with Crippen LogP contribution in [-0.2, 0) is 6.42 Å². The highest BCUT2D eigenvalue weighted by atomic mass is 35.5. The Kier molecular flexibility index (Phi) is 4.90. The number of nitrogens with zero attached hydrogens (tertiary/aromatic N) is 1. The summed E-state index contributed by atoms with van der Waals surface area (Å²) in [4.78, 5) is 14.2. The number of hydrogen-bond acceptors (Lipinski definition) is 2. The van der Waals surface area contributed by atoms with Crippen molar-refractivity contribution in [1.82, 2.24) is 5.32 Å². The van der Waals surface area contributed by atoms with Crippen molar-refractivity contribution in [2.75, 3.05) is 18.1 Å². The third-order valence-corrected chi connectivity index (χ3v) is 4.25. The summed E-state index contributed by atoms with van der Waals surface area (Å²) in [6, 6.07) is 11.8. The number of carbonyl (C=O) groups excluding carboxylic acids is 1. The van der Waals surface area contributed by atoms with E-state index in [2.05, 4.69) is 5.32 Å². The molecule has 6 heteroatoms. The van der Waals surface area contributed by atoms with Crippen LogP contribution < -0.4 is 15.0 Å². The van der Waals surface area contributed by atoms with Crippen LogP contribution in [0.2, 0.25) is 5.02 Å². The fraction of sp³-hybridized carbons (Fsp3) is 0.278. The Morgan fingerprint density at radius 3 is 2.96 bits per heavy atom. The van der Waals surface area contributed by atoms with Gasteiger partial charge in [-0.15, -0.1) is 0 Å². The summed E-state index contributed by atoms with van der Waals surface area (Å²) in [7, 11) is 0. The molecule has 1 N–H and O–H groups in total. The van der Waals surface area contributed by atoms with E-state index in [-0.39, 0.29) is 23.7 Å². The Bertz CT molecular complexity index is 754. The van der Waals surface area contributed by atoms with Gasteiger partial charge < -0.3 is 10.1 Å². The van der Waals surface area contributed by atoms with Crippen LogP contribution in [0, 0.1) is 5.82 Å². The molecule has 1 aliphatic rings. The van der Waals surface area contributed by atoms with Crippen molar-refractivity contribution in [3.05, 3.63) is 58.9 Å². The van der Waals surface area contributed by atoms with Crippen LogP contribution in [0.5, 0.6) is 5.75 Å². The van der Waals surface area contributed by atoms with E-state index in [1.165, 1.54) is 23.8 Å². The average Bonchev–Trinajstić information content (AvgIpc) is 2.88. The third-order valence-electron chi connectivity index (χ3n) is 3.96. The van der Waals surface area contributed by atoms with Crippen LogP contribution in [-0.4, -0.2) is 25.2 Å². The van der Waals surface area contributed by atoms with Gasteiger partial charge in [-0.25, -0.2) is 9.18 Å². The molecule has 0 fully saturated rings. The van der Waals surface area contributed by atoms with Gasteiger partial charge in [-0.2, -0.15) is 0 Å². The van der Waals surface area contributed by atoms with Gasteiger partial charge in [0, 0.05) is 11.7 Å². The van der Waals surface area contributed by atoms with Gasteiger partial charge in [-0.3, -0.25) is 4.90 Å². The van der Waals surface area contributed by atoms with Crippen LogP contribution >= 0.6 is 11.6 Å². The van der Waals surface area contributed by atoms with E-state index in [9.17, 15) is 9.18 Å². The molecule has 126 valence electrons. The van der Waals surface area contributed by atoms with Crippen molar-refractivity contribution >= 4 is 23.3 Å². The maximum absolute atomic E-state index is 13.0. The summed E-state index contributed by atoms with van der Waals surface area (Å²) in [5.74, 6) is -0.0189. The number of halogens is 2. The standard InChI is InChI=1S/C18H18ClFN2O2/c1-12-10-13-4-2-3-5-16(13)22(12)18(23)21-8-9-24-17-7-6-14(20)11-15(17)19/h2-7,11-12H,8-10H2,1H3,(H,21,23). The van der Waals surface area contributed by atoms with Gasteiger partial charge in [0.05, 0.1) is 11.6 Å². The van der Waals surface area contributed by atoms with Crippen LogP contribution in [0.4, 0.5) is 14.9 Å². The molecule has 24 heavy (non-hydrogen) atoms. The lowest BCUT2D eigenvalue weighted by Gasteiger charge is -2.23. The Hall–Kier alpha value is -2.27. The number of carbonyl (C=O) groups is 1. The third kappa shape index (κ3) is 3.46. The molecular weight excluding hydrogens is 331 g/mol. The smallest absolute Gasteiger partial charge is 0.322 e. The first-order valence-corrected chi connectivity index (χ1v) is 8.17. The van der Waals surface area contributed by atoms with Crippen LogP contribution in [0.15, 0.2) is 42.5 Å². The minimum atomic E-state index is -0.415. The molecule has 0 bridgehead atoms. The zero-order valence-electron chi connectivity index (χ0n) is 13.3. The second kappa shape index (κ2) is 7.09. The van der Waals surface area contributed by atoms with Crippen molar-refractivity contribution < 1.29 is 13.9 Å². The fourth-order valence-electron chi connectivity index (χ4n) is 2.87. The highest BCUT2D eigenvalue weighted by molar-refractivity contribution is 6.32. The molecule has 1 atom stereocenters. The van der Waals surface area contributed by atoms with Crippen molar-refractivity contribution in [1.29, 1.82) is 0 Å². The number of nitrogens with one attached hydrogen (secondary N) is 1. The number of ether oxygens (including phenoxy) is 1. The first-order chi connectivity index (χ1) is 11.6. The van der Waals surface area contributed by atoms with E-state index in [1.54, 1.807) is 4.90 Å². The number of anilines is 1. The van der Waals surface area contributed by atoms with Gasteiger partial charge in [-0.1, -0.05) is 29.8 Å². The number of fused-ring (bicyclic) bond motifs is 1. The largest absolute Gasteiger partial charge is 0.490 e.